The van der Waals surface area contributed by atoms with Crippen LogP contribution in [-0.4, -0.2) is 15.9 Å². The van der Waals surface area contributed by atoms with Crippen molar-refractivity contribution in [1.82, 2.24) is 9.97 Å². The van der Waals surface area contributed by atoms with Crippen molar-refractivity contribution in [1.29, 1.82) is 0 Å². The van der Waals surface area contributed by atoms with Crippen molar-refractivity contribution in [3.8, 4) is 0 Å². The fraction of sp³-hybridized carbons (Fsp3) is 0.500. The molecule has 0 aliphatic rings. The fourth-order valence-electron chi connectivity index (χ4n) is 0.910. The first-order chi connectivity index (χ1) is 6.63. The maximum Gasteiger partial charge on any atom is 0.228 e. The van der Waals surface area contributed by atoms with Gasteiger partial charge in [0.25, 0.3) is 0 Å². The molecule has 1 rings (SSSR count). The van der Waals surface area contributed by atoms with Gasteiger partial charge < -0.3 is 5.32 Å². The minimum atomic E-state index is -0.0324. The lowest BCUT2D eigenvalue weighted by Gasteiger charge is -2.06. The molecule has 0 saturated heterocycles. The summed E-state index contributed by atoms with van der Waals surface area (Å²) in [6.07, 6.45) is 2.42. The Labute approximate surface area is 83.8 Å². The van der Waals surface area contributed by atoms with Crippen LogP contribution in [0.3, 0.4) is 0 Å². The number of nitrogens with one attached hydrogen (secondary N) is 1. The summed E-state index contributed by atoms with van der Waals surface area (Å²) in [4.78, 5) is 19.6. The number of anilines is 1. The van der Waals surface area contributed by atoms with Crippen LogP contribution in [0.5, 0.6) is 0 Å². The number of rotatable bonds is 3. The molecule has 0 aromatic carbocycles. The van der Waals surface area contributed by atoms with Gasteiger partial charge in [-0.1, -0.05) is 20.8 Å². The maximum absolute atomic E-state index is 11.3. The SMILES string of the molecule is CCc1nccc(NC(=O)C(C)C)n1. The lowest BCUT2D eigenvalue weighted by Crippen LogP contribution is -2.18. The predicted octanol–water partition coefficient (Wildman–Crippen LogP) is 1.63. The van der Waals surface area contributed by atoms with Crippen LogP contribution in [0.1, 0.15) is 26.6 Å². The molecule has 0 spiro atoms. The van der Waals surface area contributed by atoms with E-state index in [2.05, 4.69) is 15.3 Å². The third kappa shape index (κ3) is 2.80. The Hall–Kier alpha value is -1.45. The van der Waals surface area contributed by atoms with Gasteiger partial charge in [-0.25, -0.2) is 9.97 Å². The van der Waals surface area contributed by atoms with Crippen molar-refractivity contribution >= 4 is 11.7 Å². The van der Waals surface area contributed by atoms with E-state index in [1.807, 2.05) is 20.8 Å². The molecule has 0 saturated carbocycles. The van der Waals surface area contributed by atoms with E-state index in [1.165, 1.54) is 0 Å². The van der Waals surface area contributed by atoms with E-state index in [9.17, 15) is 4.79 Å². The van der Waals surface area contributed by atoms with Crippen LogP contribution in [0, 0.1) is 5.92 Å². The summed E-state index contributed by atoms with van der Waals surface area (Å²) >= 11 is 0. The highest BCUT2D eigenvalue weighted by molar-refractivity contribution is 5.91. The Morgan fingerprint density at radius 3 is 2.86 bits per heavy atom. The molecule has 0 bridgehead atoms. The first-order valence-electron chi connectivity index (χ1n) is 4.76. The Morgan fingerprint density at radius 1 is 1.57 bits per heavy atom. The van der Waals surface area contributed by atoms with E-state index in [4.69, 9.17) is 0 Å². The molecule has 0 aliphatic carbocycles. The lowest BCUT2D eigenvalue weighted by atomic mass is 10.2. The number of amides is 1. The average Bonchev–Trinajstić information content (AvgIpc) is 2.18. The van der Waals surface area contributed by atoms with Crippen LogP contribution in [-0.2, 0) is 11.2 Å². The number of carbonyl (C=O) groups excluding carboxylic acids is 1. The van der Waals surface area contributed by atoms with Crippen LogP contribution in [0.15, 0.2) is 12.3 Å². The third-order valence-electron chi connectivity index (χ3n) is 1.80. The first kappa shape index (κ1) is 10.6. The molecule has 0 atom stereocenters. The van der Waals surface area contributed by atoms with Gasteiger partial charge in [0.2, 0.25) is 5.91 Å². The van der Waals surface area contributed by atoms with Gasteiger partial charge in [-0.05, 0) is 6.07 Å². The Kier molecular flexibility index (Phi) is 3.56. The minimum Gasteiger partial charge on any atom is -0.310 e. The van der Waals surface area contributed by atoms with Crippen molar-refractivity contribution in [3.63, 3.8) is 0 Å². The van der Waals surface area contributed by atoms with Gasteiger partial charge in [-0.3, -0.25) is 4.79 Å². The molecule has 0 unspecified atom stereocenters. The molecule has 1 aromatic heterocycles. The summed E-state index contributed by atoms with van der Waals surface area (Å²) in [6.45, 7) is 5.66. The summed E-state index contributed by atoms with van der Waals surface area (Å²) in [6, 6.07) is 1.69. The molecule has 0 radical (unpaired) electrons. The number of aryl methyl sites for hydroxylation is 1. The summed E-state index contributed by atoms with van der Waals surface area (Å²) in [5, 5.41) is 2.73. The number of carbonyl (C=O) groups is 1. The first-order valence-corrected chi connectivity index (χ1v) is 4.76. The summed E-state index contributed by atoms with van der Waals surface area (Å²) < 4.78 is 0. The zero-order valence-corrected chi connectivity index (χ0v) is 8.74. The number of hydrogen-bond donors (Lipinski definition) is 1. The zero-order chi connectivity index (χ0) is 10.6. The fourth-order valence-corrected chi connectivity index (χ4v) is 0.910. The smallest absolute Gasteiger partial charge is 0.228 e. The topological polar surface area (TPSA) is 54.9 Å². The summed E-state index contributed by atoms with van der Waals surface area (Å²) in [5.74, 6) is 1.27. The molecule has 76 valence electrons. The van der Waals surface area contributed by atoms with Gasteiger partial charge in [0, 0.05) is 18.5 Å². The van der Waals surface area contributed by atoms with E-state index >= 15 is 0 Å². The largest absolute Gasteiger partial charge is 0.310 e. The van der Waals surface area contributed by atoms with Gasteiger partial charge >= 0.3 is 0 Å². The van der Waals surface area contributed by atoms with Crippen LogP contribution in [0.4, 0.5) is 5.82 Å². The normalized spacial score (nSPS) is 10.3. The molecule has 1 amide bonds. The maximum atomic E-state index is 11.3. The van der Waals surface area contributed by atoms with Crippen molar-refractivity contribution in [3.05, 3.63) is 18.1 Å². The highest BCUT2D eigenvalue weighted by Crippen LogP contribution is 2.04. The van der Waals surface area contributed by atoms with Crippen LogP contribution in [0.2, 0.25) is 0 Å². The number of hydrogen-bond acceptors (Lipinski definition) is 3. The van der Waals surface area contributed by atoms with E-state index in [0.29, 0.717) is 5.82 Å². The van der Waals surface area contributed by atoms with Crippen molar-refractivity contribution in [2.75, 3.05) is 5.32 Å². The standard InChI is InChI=1S/C10H15N3O/c1-4-8-11-6-5-9(12-8)13-10(14)7(2)3/h5-7H,4H2,1-3H3,(H,11,12,13,14). The number of nitrogens with zero attached hydrogens (tertiary/aromatic N) is 2. The molecule has 0 fully saturated rings. The molecule has 4 heteroatoms. The highest BCUT2D eigenvalue weighted by atomic mass is 16.1. The van der Waals surface area contributed by atoms with Gasteiger partial charge in [-0.15, -0.1) is 0 Å². The van der Waals surface area contributed by atoms with Gasteiger partial charge in [-0.2, -0.15) is 0 Å². The molecule has 1 heterocycles. The molecule has 4 nitrogen and oxygen atoms in total. The molecule has 0 aliphatic heterocycles. The molecular formula is C10H15N3O. The molecule has 1 N–H and O–H groups in total. The van der Waals surface area contributed by atoms with E-state index in [1.54, 1.807) is 12.3 Å². The third-order valence-corrected chi connectivity index (χ3v) is 1.80. The molecule has 14 heavy (non-hydrogen) atoms. The van der Waals surface area contributed by atoms with E-state index < -0.39 is 0 Å². The number of aromatic nitrogens is 2. The van der Waals surface area contributed by atoms with Crippen molar-refractivity contribution in [2.45, 2.75) is 27.2 Å². The second-order valence-corrected chi connectivity index (χ2v) is 3.36. The van der Waals surface area contributed by atoms with Gasteiger partial charge in [0.1, 0.15) is 11.6 Å². The van der Waals surface area contributed by atoms with Gasteiger partial charge in [0.05, 0.1) is 0 Å². The molecule has 1 aromatic rings. The van der Waals surface area contributed by atoms with Crippen LogP contribution in [0.25, 0.3) is 0 Å². The van der Waals surface area contributed by atoms with E-state index in [-0.39, 0.29) is 11.8 Å². The Bertz CT molecular complexity index is 323. The van der Waals surface area contributed by atoms with Gasteiger partial charge in [0.15, 0.2) is 0 Å². The Balaban J connectivity index is 2.72. The van der Waals surface area contributed by atoms with E-state index in [0.717, 1.165) is 12.2 Å². The Morgan fingerprint density at radius 2 is 2.29 bits per heavy atom. The van der Waals surface area contributed by atoms with Crippen molar-refractivity contribution < 1.29 is 4.79 Å². The highest BCUT2D eigenvalue weighted by Gasteiger charge is 2.07. The predicted molar refractivity (Wildman–Crippen MR) is 54.9 cm³/mol. The average molecular weight is 193 g/mol. The van der Waals surface area contributed by atoms with Crippen LogP contribution >= 0.6 is 0 Å². The zero-order valence-electron chi connectivity index (χ0n) is 8.74. The summed E-state index contributed by atoms with van der Waals surface area (Å²) in [7, 11) is 0. The lowest BCUT2D eigenvalue weighted by molar-refractivity contribution is -0.118. The van der Waals surface area contributed by atoms with Crippen LogP contribution < -0.4 is 5.32 Å². The van der Waals surface area contributed by atoms with Crippen molar-refractivity contribution in [2.24, 2.45) is 5.92 Å². The second kappa shape index (κ2) is 4.69. The quantitative estimate of drug-likeness (QED) is 0.793. The summed E-state index contributed by atoms with van der Waals surface area (Å²) in [5.41, 5.74) is 0. The monoisotopic (exact) mass is 193 g/mol. The minimum absolute atomic E-state index is 0.0225. The molecular weight excluding hydrogens is 178 g/mol. The second-order valence-electron chi connectivity index (χ2n) is 3.36.